The number of carbonyl (C=O) groups is 1. The largest absolute Gasteiger partial charge is 0.366 e. The van der Waals surface area contributed by atoms with Gasteiger partial charge in [-0.25, -0.2) is 4.68 Å². The van der Waals surface area contributed by atoms with Gasteiger partial charge in [-0.15, -0.1) is 0 Å². The van der Waals surface area contributed by atoms with Crippen LogP contribution >= 0.6 is 0 Å². The van der Waals surface area contributed by atoms with Crippen molar-refractivity contribution < 1.29 is 4.79 Å². The van der Waals surface area contributed by atoms with Crippen molar-refractivity contribution in [3.63, 3.8) is 0 Å². The highest BCUT2D eigenvalue weighted by Gasteiger charge is 2.28. The Morgan fingerprint density at radius 1 is 1.18 bits per heavy atom. The second-order valence-corrected chi connectivity index (χ2v) is 7.54. The Balaban J connectivity index is 1.69. The number of nitrogens with zero attached hydrogens (tertiary/aromatic N) is 3. The molecule has 28 heavy (non-hydrogen) atoms. The third-order valence-electron chi connectivity index (χ3n) is 5.47. The fourth-order valence-electron chi connectivity index (χ4n) is 4.16. The number of carbonyl (C=O) groups excluding carboxylic acids is 1. The van der Waals surface area contributed by atoms with Crippen LogP contribution in [-0.4, -0.2) is 22.2 Å². The second-order valence-electron chi connectivity index (χ2n) is 7.54. The minimum absolute atomic E-state index is 0.300. The lowest BCUT2D eigenvalue weighted by Gasteiger charge is -2.20. The third-order valence-corrected chi connectivity index (χ3v) is 5.47. The van der Waals surface area contributed by atoms with Gasteiger partial charge in [-0.1, -0.05) is 43.7 Å². The summed E-state index contributed by atoms with van der Waals surface area (Å²) in [6, 6.07) is 18.8. The standard InChI is InChI=1S/C23H26N4O/c1-3-7-18-15-26(14-17-8-5-4-6-9-17)22-11-10-19(13-20(18)22)27-16(2)12-21(25-27)23(24)28/h4-6,8-13,18H,3,7,14-15H2,1-2H3,(H2,24,28). The summed E-state index contributed by atoms with van der Waals surface area (Å²) in [5.41, 5.74) is 11.6. The molecule has 0 saturated heterocycles. The lowest BCUT2D eigenvalue weighted by atomic mass is 9.96. The molecule has 4 rings (SSSR count). The number of hydrogen-bond donors (Lipinski definition) is 1. The normalized spacial score (nSPS) is 15.6. The van der Waals surface area contributed by atoms with Crippen LogP contribution in [0.1, 0.15) is 53.0 Å². The van der Waals surface area contributed by atoms with Crippen LogP contribution in [-0.2, 0) is 6.54 Å². The molecule has 0 fully saturated rings. The molecule has 5 heteroatoms. The highest BCUT2D eigenvalue weighted by atomic mass is 16.1. The van der Waals surface area contributed by atoms with Gasteiger partial charge in [0.25, 0.3) is 5.91 Å². The van der Waals surface area contributed by atoms with Crippen molar-refractivity contribution in [1.82, 2.24) is 9.78 Å². The van der Waals surface area contributed by atoms with Gasteiger partial charge >= 0.3 is 0 Å². The van der Waals surface area contributed by atoms with Gasteiger partial charge in [0, 0.05) is 30.4 Å². The van der Waals surface area contributed by atoms with Crippen LogP contribution in [0, 0.1) is 6.92 Å². The van der Waals surface area contributed by atoms with Crippen LogP contribution in [0.25, 0.3) is 5.69 Å². The first-order valence-corrected chi connectivity index (χ1v) is 9.86. The number of aromatic nitrogens is 2. The summed E-state index contributed by atoms with van der Waals surface area (Å²) in [6.45, 7) is 6.13. The predicted octanol–water partition coefficient (Wildman–Crippen LogP) is 4.18. The van der Waals surface area contributed by atoms with Gasteiger partial charge in [0.15, 0.2) is 5.69 Å². The van der Waals surface area contributed by atoms with E-state index in [1.54, 1.807) is 6.07 Å². The van der Waals surface area contributed by atoms with Crippen LogP contribution in [0.4, 0.5) is 5.69 Å². The predicted molar refractivity (Wildman–Crippen MR) is 112 cm³/mol. The van der Waals surface area contributed by atoms with Gasteiger partial charge in [-0.05, 0) is 48.7 Å². The SMILES string of the molecule is CCCC1CN(Cc2ccccc2)c2ccc(-n3nc(C(N)=O)cc3C)cc21. The van der Waals surface area contributed by atoms with Crippen LogP contribution in [0.2, 0.25) is 0 Å². The summed E-state index contributed by atoms with van der Waals surface area (Å²) in [6.07, 6.45) is 2.31. The zero-order valence-electron chi connectivity index (χ0n) is 16.4. The molecule has 3 aromatic rings. The number of rotatable bonds is 6. The zero-order valence-corrected chi connectivity index (χ0v) is 16.4. The Morgan fingerprint density at radius 2 is 1.96 bits per heavy atom. The quantitative estimate of drug-likeness (QED) is 0.704. The highest BCUT2D eigenvalue weighted by molar-refractivity contribution is 5.90. The van der Waals surface area contributed by atoms with Gasteiger partial charge in [-0.2, -0.15) is 5.10 Å². The monoisotopic (exact) mass is 374 g/mol. The molecule has 1 aromatic heterocycles. The highest BCUT2D eigenvalue weighted by Crippen LogP contribution is 2.40. The van der Waals surface area contributed by atoms with Crippen LogP contribution in [0.15, 0.2) is 54.6 Å². The van der Waals surface area contributed by atoms with Crippen molar-refractivity contribution >= 4 is 11.6 Å². The summed E-state index contributed by atoms with van der Waals surface area (Å²) in [4.78, 5) is 14.0. The Morgan fingerprint density at radius 3 is 2.64 bits per heavy atom. The smallest absolute Gasteiger partial charge is 0.269 e. The molecule has 5 nitrogen and oxygen atoms in total. The molecular formula is C23H26N4O. The fourth-order valence-corrected chi connectivity index (χ4v) is 4.16. The van der Waals surface area contributed by atoms with Gasteiger partial charge in [0.05, 0.1) is 5.69 Å². The Hall–Kier alpha value is -3.08. The lowest BCUT2D eigenvalue weighted by molar-refractivity contribution is 0.0995. The van der Waals surface area contributed by atoms with E-state index in [-0.39, 0.29) is 0 Å². The Labute approximate surface area is 165 Å². The topological polar surface area (TPSA) is 64.2 Å². The molecule has 2 heterocycles. The first-order valence-electron chi connectivity index (χ1n) is 9.86. The number of anilines is 1. The molecule has 1 atom stereocenters. The number of fused-ring (bicyclic) bond motifs is 1. The van der Waals surface area contributed by atoms with Gasteiger partial charge in [0.2, 0.25) is 0 Å². The average molecular weight is 374 g/mol. The minimum Gasteiger partial charge on any atom is -0.366 e. The minimum atomic E-state index is -0.499. The molecule has 0 radical (unpaired) electrons. The first kappa shape index (κ1) is 18.3. The molecular weight excluding hydrogens is 348 g/mol. The maximum absolute atomic E-state index is 11.5. The molecule has 0 spiro atoms. The zero-order chi connectivity index (χ0) is 19.7. The van der Waals surface area contributed by atoms with Crippen molar-refractivity contribution in [3.8, 4) is 5.69 Å². The maximum Gasteiger partial charge on any atom is 0.269 e. The van der Waals surface area contributed by atoms with E-state index in [9.17, 15) is 4.79 Å². The Kier molecular flexibility index (Phi) is 4.90. The van der Waals surface area contributed by atoms with Gasteiger partial charge in [0.1, 0.15) is 0 Å². The number of aryl methyl sites for hydroxylation is 1. The number of amides is 1. The average Bonchev–Trinajstić information content (AvgIpc) is 3.24. The van der Waals surface area contributed by atoms with E-state index >= 15 is 0 Å². The molecule has 0 saturated carbocycles. The molecule has 2 aromatic carbocycles. The maximum atomic E-state index is 11.5. The van der Waals surface area contributed by atoms with E-state index in [2.05, 4.69) is 65.5 Å². The molecule has 2 N–H and O–H groups in total. The molecule has 1 aliphatic heterocycles. The van der Waals surface area contributed by atoms with E-state index in [1.807, 2.05) is 11.6 Å². The van der Waals surface area contributed by atoms with Crippen LogP contribution < -0.4 is 10.6 Å². The van der Waals surface area contributed by atoms with Crippen molar-refractivity contribution in [2.45, 2.75) is 39.2 Å². The number of primary amides is 1. The third kappa shape index (κ3) is 3.40. The van der Waals surface area contributed by atoms with Crippen molar-refractivity contribution in [1.29, 1.82) is 0 Å². The molecule has 0 aliphatic carbocycles. The molecule has 1 amide bonds. The number of hydrogen-bond acceptors (Lipinski definition) is 3. The molecule has 0 bridgehead atoms. The van der Waals surface area contributed by atoms with Crippen LogP contribution in [0.3, 0.4) is 0 Å². The summed E-state index contributed by atoms with van der Waals surface area (Å²) >= 11 is 0. The van der Waals surface area contributed by atoms with Gasteiger partial charge in [-0.3, -0.25) is 4.79 Å². The number of nitrogens with two attached hydrogens (primary N) is 1. The van der Waals surface area contributed by atoms with E-state index in [4.69, 9.17) is 5.73 Å². The summed E-state index contributed by atoms with van der Waals surface area (Å²) in [7, 11) is 0. The van der Waals surface area contributed by atoms with Crippen molar-refractivity contribution in [3.05, 3.63) is 77.1 Å². The van der Waals surface area contributed by atoms with Crippen molar-refractivity contribution in [2.24, 2.45) is 5.73 Å². The van der Waals surface area contributed by atoms with E-state index in [0.717, 1.165) is 37.3 Å². The summed E-state index contributed by atoms with van der Waals surface area (Å²) in [5, 5.41) is 4.39. The second kappa shape index (κ2) is 7.50. The van der Waals surface area contributed by atoms with Crippen LogP contribution in [0.5, 0.6) is 0 Å². The first-order chi connectivity index (χ1) is 13.6. The summed E-state index contributed by atoms with van der Waals surface area (Å²) in [5.74, 6) is 0.0102. The van der Waals surface area contributed by atoms with E-state index in [1.165, 1.54) is 16.8 Å². The molecule has 1 unspecified atom stereocenters. The summed E-state index contributed by atoms with van der Waals surface area (Å²) < 4.78 is 1.81. The molecule has 144 valence electrons. The van der Waals surface area contributed by atoms with Crippen molar-refractivity contribution in [2.75, 3.05) is 11.4 Å². The number of benzene rings is 2. The fraction of sp³-hybridized carbons (Fsp3) is 0.304. The van der Waals surface area contributed by atoms with E-state index in [0.29, 0.717) is 11.6 Å². The van der Waals surface area contributed by atoms with E-state index < -0.39 is 5.91 Å². The van der Waals surface area contributed by atoms with Gasteiger partial charge < -0.3 is 10.6 Å². The molecule has 1 aliphatic rings. The Bertz CT molecular complexity index is 993. The lowest BCUT2D eigenvalue weighted by Crippen LogP contribution is -2.21.